The summed E-state index contributed by atoms with van der Waals surface area (Å²) in [4.78, 5) is 17.3. The van der Waals surface area contributed by atoms with E-state index in [0.717, 1.165) is 26.5 Å². The number of carbonyl (C=O) groups is 1. The number of aromatic nitrogens is 1. The third kappa shape index (κ3) is 4.40. The number of amides is 1. The van der Waals surface area contributed by atoms with E-state index in [-0.39, 0.29) is 11.0 Å². The summed E-state index contributed by atoms with van der Waals surface area (Å²) < 4.78 is 1.13. The third-order valence-corrected chi connectivity index (χ3v) is 6.04. The number of para-hydroxylation sites is 2. The van der Waals surface area contributed by atoms with Crippen LogP contribution in [0.5, 0.6) is 0 Å². The van der Waals surface area contributed by atoms with Crippen molar-refractivity contribution in [3.05, 3.63) is 83.9 Å². The summed E-state index contributed by atoms with van der Waals surface area (Å²) in [5.41, 5.74) is 4.47. The van der Waals surface area contributed by atoms with E-state index in [0.29, 0.717) is 11.5 Å². The average molecular weight is 432 g/mol. The van der Waals surface area contributed by atoms with Crippen LogP contribution in [-0.4, -0.2) is 16.0 Å². The molecule has 4 nitrogen and oxygen atoms in total. The molecule has 0 saturated carbocycles. The van der Waals surface area contributed by atoms with E-state index >= 15 is 0 Å². The topological polar surface area (TPSA) is 54.0 Å². The minimum atomic E-state index is -0.236. The first-order chi connectivity index (χ1) is 14.5. The maximum absolute atomic E-state index is 12.5. The van der Waals surface area contributed by atoms with Crippen molar-refractivity contribution >= 4 is 50.5 Å². The smallest absolute Gasteiger partial charge is 0.257 e. The van der Waals surface area contributed by atoms with Gasteiger partial charge in [0.1, 0.15) is 5.01 Å². The van der Waals surface area contributed by atoms with Crippen LogP contribution in [-0.2, 0) is 0 Å². The van der Waals surface area contributed by atoms with Gasteiger partial charge in [0, 0.05) is 11.1 Å². The lowest BCUT2D eigenvalue weighted by molar-refractivity contribution is 0.0977. The van der Waals surface area contributed by atoms with Gasteiger partial charge in [-0.15, -0.1) is 11.3 Å². The maximum Gasteiger partial charge on any atom is 0.257 e. The van der Waals surface area contributed by atoms with Crippen LogP contribution in [0.15, 0.2) is 72.8 Å². The number of nitrogens with one attached hydrogen (secondary N) is 2. The van der Waals surface area contributed by atoms with E-state index in [9.17, 15) is 4.79 Å². The van der Waals surface area contributed by atoms with Crippen LogP contribution in [0, 0.1) is 0 Å². The molecule has 0 fully saturated rings. The Balaban J connectivity index is 1.50. The Morgan fingerprint density at radius 3 is 2.40 bits per heavy atom. The predicted molar refractivity (Wildman–Crippen MR) is 129 cm³/mol. The molecule has 0 unspecified atom stereocenters. The number of fused-ring (bicyclic) bond motifs is 1. The van der Waals surface area contributed by atoms with Crippen LogP contribution < -0.4 is 10.6 Å². The number of rotatable bonds is 4. The molecule has 0 spiro atoms. The molecule has 0 aliphatic carbocycles. The Labute approximate surface area is 185 Å². The molecule has 4 rings (SSSR count). The predicted octanol–water partition coefficient (Wildman–Crippen LogP) is 6.21. The van der Waals surface area contributed by atoms with Crippen molar-refractivity contribution in [1.82, 2.24) is 10.3 Å². The minimum Gasteiger partial charge on any atom is -0.332 e. The lowest BCUT2D eigenvalue weighted by Gasteiger charge is -2.13. The summed E-state index contributed by atoms with van der Waals surface area (Å²) in [6, 6.07) is 23.4. The van der Waals surface area contributed by atoms with Crippen molar-refractivity contribution < 1.29 is 4.79 Å². The molecular weight excluding hydrogens is 410 g/mol. The Kier molecular flexibility index (Phi) is 5.88. The van der Waals surface area contributed by atoms with Crippen LogP contribution in [0.2, 0.25) is 0 Å². The molecule has 0 radical (unpaired) electrons. The number of thiazole rings is 1. The molecule has 0 atom stereocenters. The van der Waals surface area contributed by atoms with Gasteiger partial charge in [-0.3, -0.25) is 10.1 Å². The maximum atomic E-state index is 12.5. The molecule has 3 aromatic carbocycles. The molecule has 0 saturated heterocycles. The van der Waals surface area contributed by atoms with Crippen molar-refractivity contribution in [2.24, 2.45) is 0 Å². The van der Waals surface area contributed by atoms with Crippen LogP contribution in [0.1, 0.15) is 35.7 Å². The molecule has 0 aliphatic rings. The van der Waals surface area contributed by atoms with Gasteiger partial charge in [-0.05, 0) is 60.1 Å². The first kappa shape index (κ1) is 20.2. The number of carbonyl (C=O) groups excluding carboxylic acids is 1. The minimum absolute atomic E-state index is 0.236. The van der Waals surface area contributed by atoms with E-state index < -0.39 is 0 Å². The van der Waals surface area contributed by atoms with Crippen LogP contribution >= 0.6 is 23.6 Å². The summed E-state index contributed by atoms with van der Waals surface area (Å²) in [6.07, 6.45) is 0. The molecular formula is C24H21N3OS2. The number of hydrogen-bond donors (Lipinski definition) is 2. The van der Waals surface area contributed by atoms with E-state index in [1.807, 2.05) is 66.7 Å². The van der Waals surface area contributed by atoms with Gasteiger partial charge >= 0.3 is 0 Å². The zero-order valence-corrected chi connectivity index (χ0v) is 18.3. The van der Waals surface area contributed by atoms with Gasteiger partial charge in [-0.1, -0.05) is 50.2 Å². The van der Waals surface area contributed by atoms with Gasteiger partial charge in [0.15, 0.2) is 5.11 Å². The molecule has 1 heterocycles. The lowest BCUT2D eigenvalue weighted by Crippen LogP contribution is -2.34. The summed E-state index contributed by atoms with van der Waals surface area (Å²) in [5.74, 6) is 0.184. The fourth-order valence-corrected chi connectivity index (χ4v) is 4.32. The van der Waals surface area contributed by atoms with Crippen LogP contribution in [0.4, 0.5) is 5.69 Å². The molecule has 30 heavy (non-hydrogen) atoms. The van der Waals surface area contributed by atoms with Crippen molar-refractivity contribution in [1.29, 1.82) is 0 Å². The van der Waals surface area contributed by atoms with Crippen molar-refractivity contribution in [3.8, 4) is 10.6 Å². The molecule has 0 aliphatic heterocycles. The number of benzene rings is 3. The van der Waals surface area contributed by atoms with Crippen LogP contribution in [0.3, 0.4) is 0 Å². The highest BCUT2D eigenvalue weighted by Crippen LogP contribution is 2.34. The van der Waals surface area contributed by atoms with E-state index in [1.54, 1.807) is 11.3 Å². The number of nitrogens with zero attached hydrogens (tertiary/aromatic N) is 1. The summed E-state index contributed by atoms with van der Waals surface area (Å²) >= 11 is 7.02. The molecule has 1 amide bonds. The highest BCUT2D eigenvalue weighted by molar-refractivity contribution is 7.80. The first-order valence-corrected chi connectivity index (χ1v) is 10.9. The second-order valence-electron chi connectivity index (χ2n) is 7.22. The number of hydrogen-bond acceptors (Lipinski definition) is 4. The number of thiocarbonyl (C=S) groups is 1. The Morgan fingerprint density at radius 2 is 1.67 bits per heavy atom. The number of anilines is 1. The Hall–Kier alpha value is -3.09. The summed E-state index contributed by atoms with van der Waals surface area (Å²) in [6.45, 7) is 4.24. The normalized spacial score (nSPS) is 10.9. The SMILES string of the molecule is CC(C)c1ccc(C(=O)NC(=S)Nc2ccccc2-c2nc3ccccc3s2)cc1. The Bertz CT molecular complexity index is 1180. The molecule has 6 heteroatoms. The summed E-state index contributed by atoms with van der Waals surface area (Å²) in [7, 11) is 0. The van der Waals surface area contributed by atoms with Crippen molar-refractivity contribution in [3.63, 3.8) is 0 Å². The monoisotopic (exact) mass is 431 g/mol. The highest BCUT2D eigenvalue weighted by Gasteiger charge is 2.13. The van der Waals surface area contributed by atoms with E-state index in [4.69, 9.17) is 17.2 Å². The van der Waals surface area contributed by atoms with Gasteiger partial charge in [-0.25, -0.2) is 4.98 Å². The molecule has 150 valence electrons. The summed E-state index contributed by atoms with van der Waals surface area (Å²) in [5, 5.41) is 7.06. The highest BCUT2D eigenvalue weighted by atomic mass is 32.1. The zero-order chi connectivity index (χ0) is 21.1. The second kappa shape index (κ2) is 8.73. The van der Waals surface area contributed by atoms with Gasteiger partial charge in [-0.2, -0.15) is 0 Å². The second-order valence-corrected chi connectivity index (χ2v) is 8.66. The van der Waals surface area contributed by atoms with Crippen LogP contribution in [0.25, 0.3) is 20.8 Å². The first-order valence-electron chi connectivity index (χ1n) is 9.68. The van der Waals surface area contributed by atoms with Gasteiger partial charge in [0.05, 0.1) is 15.9 Å². The lowest BCUT2D eigenvalue weighted by atomic mass is 10.0. The molecule has 0 bridgehead atoms. The van der Waals surface area contributed by atoms with Crippen molar-refractivity contribution in [2.75, 3.05) is 5.32 Å². The third-order valence-electron chi connectivity index (χ3n) is 4.77. The fourth-order valence-electron chi connectivity index (χ4n) is 3.11. The Morgan fingerprint density at radius 1 is 0.967 bits per heavy atom. The van der Waals surface area contributed by atoms with E-state index in [1.165, 1.54) is 5.56 Å². The van der Waals surface area contributed by atoms with Crippen molar-refractivity contribution in [2.45, 2.75) is 19.8 Å². The van der Waals surface area contributed by atoms with Gasteiger partial charge < -0.3 is 5.32 Å². The molecule has 4 aromatic rings. The average Bonchev–Trinajstić information content (AvgIpc) is 3.18. The quantitative estimate of drug-likeness (QED) is 0.377. The van der Waals surface area contributed by atoms with Gasteiger partial charge in [0.2, 0.25) is 0 Å². The van der Waals surface area contributed by atoms with Gasteiger partial charge in [0.25, 0.3) is 5.91 Å². The fraction of sp³-hybridized carbons (Fsp3) is 0.125. The zero-order valence-electron chi connectivity index (χ0n) is 16.7. The molecule has 2 N–H and O–H groups in total. The van der Waals surface area contributed by atoms with E-state index in [2.05, 4.69) is 30.5 Å². The molecule has 1 aromatic heterocycles. The standard InChI is InChI=1S/C24H21N3OS2/c1-15(2)16-11-13-17(14-12-16)22(28)27-24(29)26-19-8-4-3-7-18(19)23-25-20-9-5-6-10-21(20)30-23/h3-15H,1-2H3,(H2,26,27,28,29). The largest absolute Gasteiger partial charge is 0.332 e.